The van der Waals surface area contributed by atoms with Crippen molar-refractivity contribution in [3.8, 4) is 22.6 Å². The van der Waals surface area contributed by atoms with Gasteiger partial charge in [-0.25, -0.2) is 14.3 Å². The molecule has 188 valence electrons. The van der Waals surface area contributed by atoms with Crippen LogP contribution in [0, 0.1) is 6.92 Å². The lowest BCUT2D eigenvalue weighted by molar-refractivity contribution is -0.0385. The predicted octanol–water partition coefficient (Wildman–Crippen LogP) is 4.38. The van der Waals surface area contributed by atoms with Crippen molar-refractivity contribution in [3.63, 3.8) is 0 Å². The van der Waals surface area contributed by atoms with Crippen molar-refractivity contribution in [2.24, 2.45) is 0 Å². The van der Waals surface area contributed by atoms with Gasteiger partial charge < -0.3 is 14.4 Å². The fourth-order valence-electron chi connectivity index (χ4n) is 5.34. The first-order chi connectivity index (χ1) is 17.7. The van der Waals surface area contributed by atoms with Gasteiger partial charge in [0, 0.05) is 18.7 Å². The van der Waals surface area contributed by atoms with Crippen LogP contribution in [0.4, 0.5) is 5.82 Å². The van der Waals surface area contributed by atoms with Gasteiger partial charge in [0.1, 0.15) is 17.0 Å². The highest BCUT2D eigenvalue weighted by atomic mass is 32.1. The molecule has 0 spiro atoms. The minimum absolute atomic E-state index is 0.0679. The Morgan fingerprint density at radius 2 is 1.97 bits per heavy atom. The summed E-state index contributed by atoms with van der Waals surface area (Å²) in [5.74, 6) is 0.940. The Bertz CT molecular complexity index is 1400. The van der Waals surface area contributed by atoms with Crippen LogP contribution in [0.3, 0.4) is 0 Å². The van der Waals surface area contributed by atoms with Crippen molar-refractivity contribution in [1.82, 2.24) is 34.1 Å². The molecule has 4 aromatic rings. The SMILES string of the molecule is Cc1cc(-c2nsc3c(-c4cnnn4C4CC4)cc(N4CCOC[C@H]4C)nc23)n(C2CCCCO2)n1. The molecule has 2 saturated heterocycles. The monoisotopic (exact) mass is 506 g/mol. The van der Waals surface area contributed by atoms with Gasteiger partial charge in [-0.1, -0.05) is 5.21 Å². The van der Waals surface area contributed by atoms with Crippen molar-refractivity contribution in [3.05, 3.63) is 24.0 Å². The van der Waals surface area contributed by atoms with E-state index in [1.165, 1.54) is 11.5 Å². The van der Waals surface area contributed by atoms with Gasteiger partial charge in [-0.3, -0.25) is 0 Å². The van der Waals surface area contributed by atoms with Crippen LogP contribution in [0.15, 0.2) is 18.3 Å². The first kappa shape index (κ1) is 22.3. The molecule has 2 aliphatic heterocycles. The Balaban J connectivity index is 1.42. The van der Waals surface area contributed by atoms with E-state index in [4.69, 9.17) is 23.9 Å². The van der Waals surface area contributed by atoms with E-state index < -0.39 is 0 Å². The molecule has 1 aliphatic carbocycles. The van der Waals surface area contributed by atoms with Crippen LogP contribution in [0.1, 0.15) is 57.0 Å². The Labute approximate surface area is 213 Å². The zero-order valence-electron chi connectivity index (χ0n) is 20.6. The molecule has 1 unspecified atom stereocenters. The lowest BCUT2D eigenvalue weighted by atomic mass is 10.1. The van der Waals surface area contributed by atoms with E-state index in [2.05, 4.69) is 39.0 Å². The number of ether oxygens (including phenoxy) is 2. The molecule has 1 saturated carbocycles. The molecule has 3 aliphatic rings. The number of aryl methyl sites for hydroxylation is 1. The minimum Gasteiger partial charge on any atom is -0.377 e. The van der Waals surface area contributed by atoms with Crippen LogP contribution in [0.25, 0.3) is 32.9 Å². The highest BCUT2D eigenvalue weighted by Gasteiger charge is 2.31. The quantitative estimate of drug-likeness (QED) is 0.393. The number of anilines is 1. The molecule has 36 heavy (non-hydrogen) atoms. The average molecular weight is 507 g/mol. The number of pyridine rings is 1. The molecule has 0 N–H and O–H groups in total. The number of hydrogen-bond donors (Lipinski definition) is 0. The summed E-state index contributed by atoms with van der Waals surface area (Å²) < 4.78 is 21.9. The smallest absolute Gasteiger partial charge is 0.150 e. The minimum atomic E-state index is -0.0679. The Morgan fingerprint density at radius 3 is 2.78 bits per heavy atom. The summed E-state index contributed by atoms with van der Waals surface area (Å²) in [6.07, 6.45) is 7.29. The molecule has 0 aromatic carbocycles. The average Bonchev–Trinajstić information content (AvgIpc) is 3.29. The fourth-order valence-corrected chi connectivity index (χ4v) is 6.19. The molecular formula is C25H30N8O2S. The maximum absolute atomic E-state index is 6.11. The van der Waals surface area contributed by atoms with E-state index in [-0.39, 0.29) is 12.3 Å². The topological polar surface area (TPSA) is 96.0 Å². The molecule has 0 radical (unpaired) electrons. The van der Waals surface area contributed by atoms with Gasteiger partial charge >= 0.3 is 0 Å². The predicted molar refractivity (Wildman–Crippen MR) is 137 cm³/mol. The van der Waals surface area contributed by atoms with Crippen molar-refractivity contribution >= 4 is 27.6 Å². The van der Waals surface area contributed by atoms with Gasteiger partial charge in [0.05, 0.1) is 53.3 Å². The van der Waals surface area contributed by atoms with Crippen LogP contribution < -0.4 is 4.90 Å². The lowest BCUT2D eigenvalue weighted by Crippen LogP contribution is -2.44. The number of aromatic nitrogens is 7. The molecule has 0 bridgehead atoms. The summed E-state index contributed by atoms with van der Waals surface area (Å²) in [6, 6.07) is 4.96. The second-order valence-corrected chi connectivity index (χ2v) is 10.9. The lowest BCUT2D eigenvalue weighted by Gasteiger charge is -2.34. The van der Waals surface area contributed by atoms with Gasteiger partial charge in [-0.15, -0.1) is 5.10 Å². The Morgan fingerprint density at radius 1 is 1.06 bits per heavy atom. The van der Waals surface area contributed by atoms with Crippen LogP contribution in [-0.4, -0.2) is 66.5 Å². The second-order valence-electron chi connectivity index (χ2n) is 10.1. The highest BCUT2D eigenvalue weighted by molar-refractivity contribution is 7.14. The molecule has 7 rings (SSSR count). The number of fused-ring (bicyclic) bond motifs is 1. The second kappa shape index (κ2) is 8.89. The van der Waals surface area contributed by atoms with E-state index in [9.17, 15) is 0 Å². The summed E-state index contributed by atoms with van der Waals surface area (Å²) in [5.41, 5.74) is 5.79. The number of rotatable bonds is 5. The summed E-state index contributed by atoms with van der Waals surface area (Å²) >= 11 is 1.49. The van der Waals surface area contributed by atoms with E-state index in [0.717, 1.165) is 89.6 Å². The Hall–Kier alpha value is -2.89. The van der Waals surface area contributed by atoms with Crippen molar-refractivity contribution < 1.29 is 9.47 Å². The van der Waals surface area contributed by atoms with E-state index in [0.29, 0.717) is 19.3 Å². The van der Waals surface area contributed by atoms with Gasteiger partial charge in [-0.05, 0) is 69.6 Å². The normalized spacial score (nSPS) is 23.0. The van der Waals surface area contributed by atoms with Gasteiger partial charge in [-0.2, -0.15) is 9.47 Å². The zero-order valence-corrected chi connectivity index (χ0v) is 21.4. The molecule has 10 nitrogen and oxygen atoms in total. The fraction of sp³-hybridized carbons (Fsp3) is 0.560. The maximum atomic E-state index is 6.11. The number of hydrogen-bond acceptors (Lipinski definition) is 9. The summed E-state index contributed by atoms with van der Waals surface area (Å²) in [7, 11) is 0. The van der Waals surface area contributed by atoms with Gasteiger partial charge in [0.2, 0.25) is 0 Å². The van der Waals surface area contributed by atoms with E-state index >= 15 is 0 Å². The van der Waals surface area contributed by atoms with Crippen LogP contribution in [0.2, 0.25) is 0 Å². The van der Waals surface area contributed by atoms with Gasteiger partial charge in [0.25, 0.3) is 0 Å². The summed E-state index contributed by atoms with van der Waals surface area (Å²) in [5, 5.41) is 13.5. The highest BCUT2D eigenvalue weighted by Crippen LogP contribution is 2.43. The third-order valence-electron chi connectivity index (χ3n) is 7.35. The molecule has 2 atom stereocenters. The van der Waals surface area contributed by atoms with Crippen molar-refractivity contribution in [1.29, 1.82) is 0 Å². The van der Waals surface area contributed by atoms with Crippen LogP contribution in [0.5, 0.6) is 0 Å². The molecule has 6 heterocycles. The standard InChI is InChI=1S/C25H30N8O2S/c1-15-11-19(33(28-15)22-5-3-4-9-35-22)23-24-25(36-29-23)18(20-13-26-30-32(20)17-6-7-17)12-21(27-24)31-8-10-34-14-16(31)2/h11-13,16-17,22H,3-10,14H2,1-2H3/t16-,22?/m1/s1. The summed E-state index contributed by atoms with van der Waals surface area (Å²) in [6.45, 7) is 7.17. The molecule has 0 amide bonds. The number of morpholine rings is 1. The van der Waals surface area contributed by atoms with Gasteiger partial charge in [0.15, 0.2) is 6.23 Å². The largest absolute Gasteiger partial charge is 0.377 e. The van der Waals surface area contributed by atoms with Crippen LogP contribution >= 0.6 is 11.5 Å². The molecular weight excluding hydrogens is 476 g/mol. The Kier molecular flexibility index (Phi) is 5.51. The third-order valence-corrected chi connectivity index (χ3v) is 8.22. The number of nitrogens with zero attached hydrogens (tertiary/aromatic N) is 8. The zero-order chi connectivity index (χ0) is 24.2. The molecule has 11 heteroatoms. The first-order valence-corrected chi connectivity index (χ1v) is 13.7. The summed E-state index contributed by atoms with van der Waals surface area (Å²) in [4.78, 5) is 7.57. The van der Waals surface area contributed by atoms with E-state index in [1.807, 2.05) is 17.8 Å². The van der Waals surface area contributed by atoms with E-state index in [1.54, 1.807) is 0 Å². The van der Waals surface area contributed by atoms with Crippen molar-refractivity contribution in [2.75, 3.05) is 31.3 Å². The first-order valence-electron chi connectivity index (χ1n) is 12.9. The van der Waals surface area contributed by atoms with Crippen LogP contribution in [-0.2, 0) is 9.47 Å². The third kappa shape index (κ3) is 3.80. The molecule has 4 aromatic heterocycles. The molecule has 3 fully saturated rings. The maximum Gasteiger partial charge on any atom is 0.150 e. The van der Waals surface area contributed by atoms with Crippen molar-refractivity contribution in [2.45, 2.75) is 64.3 Å².